The molecule has 8 heteroatoms. The molecule has 0 unspecified atom stereocenters. The Morgan fingerprint density at radius 1 is 1.06 bits per heavy atom. The number of aliphatic hydroxyl groups is 1. The van der Waals surface area contributed by atoms with E-state index in [4.69, 9.17) is 4.42 Å². The van der Waals surface area contributed by atoms with E-state index in [9.17, 15) is 23.1 Å². The van der Waals surface area contributed by atoms with Crippen LogP contribution in [0.3, 0.4) is 0 Å². The van der Waals surface area contributed by atoms with Crippen LogP contribution in [0.1, 0.15) is 27.6 Å². The molecule has 0 saturated heterocycles. The van der Waals surface area contributed by atoms with E-state index in [1.54, 1.807) is 37.4 Å². The molecule has 32 heavy (non-hydrogen) atoms. The van der Waals surface area contributed by atoms with E-state index in [-0.39, 0.29) is 18.3 Å². The largest absolute Gasteiger partial charge is 0.436 e. The number of aliphatic hydroxyl groups excluding tert-OH is 1. The van der Waals surface area contributed by atoms with Gasteiger partial charge in [-0.1, -0.05) is 30.3 Å². The lowest BCUT2D eigenvalue weighted by Gasteiger charge is -2.21. The van der Waals surface area contributed by atoms with Gasteiger partial charge in [0.1, 0.15) is 5.52 Å². The lowest BCUT2D eigenvalue weighted by atomic mass is 10.1. The van der Waals surface area contributed by atoms with Crippen LogP contribution in [0.4, 0.5) is 13.2 Å². The zero-order chi connectivity index (χ0) is 22.9. The molecule has 4 aromatic rings. The molecule has 164 valence electrons. The summed E-state index contributed by atoms with van der Waals surface area (Å²) in [5, 5.41) is 10.4. The van der Waals surface area contributed by atoms with Crippen LogP contribution in [-0.4, -0.2) is 34.5 Å². The molecule has 0 aliphatic rings. The average molecular weight is 440 g/mol. The van der Waals surface area contributed by atoms with Gasteiger partial charge in [0.15, 0.2) is 5.58 Å². The van der Waals surface area contributed by atoms with Gasteiger partial charge >= 0.3 is 6.18 Å². The van der Waals surface area contributed by atoms with Crippen LogP contribution in [0.2, 0.25) is 0 Å². The number of hydrogen-bond acceptors (Lipinski definition) is 4. The highest BCUT2D eigenvalue weighted by molar-refractivity contribution is 5.97. The van der Waals surface area contributed by atoms with Crippen molar-refractivity contribution in [3.05, 3.63) is 89.5 Å². The van der Waals surface area contributed by atoms with E-state index in [0.29, 0.717) is 27.8 Å². The van der Waals surface area contributed by atoms with Crippen LogP contribution < -0.4 is 0 Å². The number of halogens is 3. The molecule has 0 fully saturated rings. The van der Waals surface area contributed by atoms with Crippen LogP contribution in [0, 0.1) is 0 Å². The van der Waals surface area contributed by atoms with Gasteiger partial charge in [-0.2, -0.15) is 13.2 Å². The highest BCUT2D eigenvalue weighted by atomic mass is 19.4. The van der Waals surface area contributed by atoms with Crippen LogP contribution in [-0.2, 0) is 6.18 Å². The smallest absolute Gasteiger partial charge is 0.416 e. The third-order valence-electron chi connectivity index (χ3n) is 5.07. The van der Waals surface area contributed by atoms with Crippen LogP contribution >= 0.6 is 0 Å². The molecule has 1 aromatic heterocycles. The van der Waals surface area contributed by atoms with Crippen LogP contribution in [0.5, 0.6) is 0 Å². The van der Waals surface area contributed by atoms with Gasteiger partial charge in [-0.25, -0.2) is 4.98 Å². The number of oxazole rings is 1. The number of fused-ring (bicyclic) bond motifs is 1. The van der Waals surface area contributed by atoms with E-state index in [1.165, 1.54) is 17.0 Å². The Labute approximate surface area is 181 Å². The summed E-state index contributed by atoms with van der Waals surface area (Å²) in [7, 11) is 1.59. The van der Waals surface area contributed by atoms with E-state index in [0.717, 1.165) is 12.1 Å². The molecule has 0 aliphatic carbocycles. The summed E-state index contributed by atoms with van der Waals surface area (Å²) in [5.74, 6) is -0.146. The summed E-state index contributed by atoms with van der Waals surface area (Å²) in [6.07, 6.45) is -5.25. The van der Waals surface area contributed by atoms with Gasteiger partial charge in [-0.05, 0) is 48.0 Å². The number of carbonyl (C=O) groups excluding carboxylic acids is 1. The fraction of sp³-hybridized carbons (Fsp3) is 0.167. The zero-order valence-corrected chi connectivity index (χ0v) is 17.0. The molecular weight excluding hydrogens is 421 g/mol. The minimum Gasteiger partial charge on any atom is -0.436 e. The lowest BCUT2D eigenvalue weighted by Crippen LogP contribution is -2.31. The number of aromatic nitrogens is 1. The Bertz CT molecular complexity index is 1240. The van der Waals surface area contributed by atoms with Gasteiger partial charge in [-0.15, -0.1) is 0 Å². The van der Waals surface area contributed by atoms with E-state index < -0.39 is 17.8 Å². The van der Waals surface area contributed by atoms with E-state index in [2.05, 4.69) is 4.98 Å². The lowest BCUT2D eigenvalue weighted by molar-refractivity contribution is -0.137. The number of likely N-dealkylation sites (N-methyl/N-ethyl adjacent to an activating group) is 1. The summed E-state index contributed by atoms with van der Waals surface area (Å²) in [6.45, 7) is 0.108. The minimum atomic E-state index is -4.42. The number of carbonyl (C=O) groups is 1. The molecule has 4 rings (SSSR count). The van der Waals surface area contributed by atoms with Crippen molar-refractivity contribution >= 4 is 17.0 Å². The first kappa shape index (κ1) is 21.6. The second-order valence-electron chi connectivity index (χ2n) is 7.39. The first-order valence-electron chi connectivity index (χ1n) is 9.79. The van der Waals surface area contributed by atoms with Crippen molar-refractivity contribution in [3.63, 3.8) is 0 Å². The summed E-state index contributed by atoms with van der Waals surface area (Å²) in [4.78, 5) is 18.5. The second kappa shape index (κ2) is 8.47. The van der Waals surface area contributed by atoms with Crippen LogP contribution in [0.25, 0.3) is 22.6 Å². The Balaban J connectivity index is 1.53. The predicted octanol–water partition coefficient (Wildman–Crippen LogP) is 5.32. The molecule has 0 radical (unpaired) electrons. The average Bonchev–Trinajstić information content (AvgIpc) is 3.22. The van der Waals surface area contributed by atoms with Gasteiger partial charge < -0.3 is 14.4 Å². The molecule has 1 atom stereocenters. The Morgan fingerprint density at radius 2 is 1.75 bits per heavy atom. The van der Waals surface area contributed by atoms with Crippen molar-refractivity contribution in [2.75, 3.05) is 13.6 Å². The summed E-state index contributed by atoms with van der Waals surface area (Å²) in [6, 6.07) is 18.3. The number of nitrogens with zero attached hydrogens (tertiary/aromatic N) is 2. The maximum Gasteiger partial charge on any atom is 0.416 e. The fourth-order valence-electron chi connectivity index (χ4n) is 3.33. The zero-order valence-electron chi connectivity index (χ0n) is 17.0. The molecule has 0 spiro atoms. The predicted molar refractivity (Wildman–Crippen MR) is 113 cm³/mol. The minimum absolute atomic E-state index is 0.108. The summed E-state index contributed by atoms with van der Waals surface area (Å²) >= 11 is 0. The number of benzene rings is 3. The number of amides is 1. The van der Waals surface area contributed by atoms with Crippen LogP contribution in [0.15, 0.2) is 77.2 Å². The van der Waals surface area contributed by atoms with E-state index in [1.807, 2.05) is 18.2 Å². The SMILES string of the molecule is CN(C[C@H](O)c1ccccc1)C(=O)c1ccc2oc(-c3ccc(C(F)(F)F)cc3)nc2c1. The van der Waals surface area contributed by atoms with Gasteiger partial charge in [-0.3, -0.25) is 4.79 Å². The highest BCUT2D eigenvalue weighted by Crippen LogP contribution is 2.32. The number of alkyl halides is 3. The third-order valence-corrected chi connectivity index (χ3v) is 5.07. The first-order chi connectivity index (χ1) is 15.2. The second-order valence-corrected chi connectivity index (χ2v) is 7.39. The maximum atomic E-state index is 12.8. The highest BCUT2D eigenvalue weighted by Gasteiger charge is 2.30. The van der Waals surface area contributed by atoms with Crippen molar-refractivity contribution in [1.82, 2.24) is 9.88 Å². The van der Waals surface area contributed by atoms with Crippen molar-refractivity contribution in [3.8, 4) is 11.5 Å². The third kappa shape index (κ3) is 4.50. The molecule has 1 amide bonds. The molecule has 0 aliphatic heterocycles. The molecular formula is C24H19F3N2O3. The molecule has 1 heterocycles. The van der Waals surface area contributed by atoms with Crippen molar-refractivity contribution in [2.24, 2.45) is 0 Å². The van der Waals surface area contributed by atoms with Crippen molar-refractivity contribution in [1.29, 1.82) is 0 Å². The summed E-state index contributed by atoms with van der Waals surface area (Å²) in [5.41, 5.74) is 1.51. The van der Waals surface area contributed by atoms with Gasteiger partial charge in [0.05, 0.1) is 18.2 Å². The molecule has 5 nitrogen and oxygen atoms in total. The Kier molecular flexibility index (Phi) is 5.71. The molecule has 0 bridgehead atoms. The van der Waals surface area contributed by atoms with Gasteiger partial charge in [0.25, 0.3) is 5.91 Å². The standard InChI is InChI=1S/C24H19F3N2O3/c1-29(14-20(30)15-5-3-2-4-6-15)23(31)17-9-12-21-19(13-17)28-22(32-21)16-7-10-18(11-8-16)24(25,26)27/h2-13,20,30H,14H2,1H3/t20-/m0/s1. The first-order valence-corrected chi connectivity index (χ1v) is 9.79. The van der Waals surface area contributed by atoms with E-state index >= 15 is 0 Å². The number of hydrogen-bond donors (Lipinski definition) is 1. The summed E-state index contributed by atoms with van der Waals surface area (Å²) < 4.78 is 43.9. The quantitative estimate of drug-likeness (QED) is 0.456. The molecule has 3 aromatic carbocycles. The Morgan fingerprint density at radius 3 is 2.41 bits per heavy atom. The molecule has 0 saturated carbocycles. The normalized spacial score (nSPS) is 12.7. The topological polar surface area (TPSA) is 66.6 Å². The maximum absolute atomic E-state index is 12.8. The monoisotopic (exact) mass is 440 g/mol. The number of rotatable bonds is 5. The van der Waals surface area contributed by atoms with Gasteiger partial charge in [0.2, 0.25) is 5.89 Å². The fourth-order valence-corrected chi connectivity index (χ4v) is 3.33. The van der Waals surface area contributed by atoms with Crippen molar-refractivity contribution in [2.45, 2.75) is 12.3 Å². The Hall–Kier alpha value is -3.65. The van der Waals surface area contributed by atoms with Gasteiger partial charge in [0, 0.05) is 18.2 Å². The molecule has 1 N–H and O–H groups in total. The van der Waals surface area contributed by atoms with Crippen molar-refractivity contribution < 1.29 is 27.5 Å².